The van der Waals surface area contributed by atoms with Gasteiger partial charge in [0.2, 0.25) is 0 Å². The summed E-state index contributed by atoms with van der Waals surface area (Å²) in [4.78, 5) is 20.6. The first-order valence-electron chi connectivity index (χ1n) is 12.4. The number of rotatable bonds is 10. The van der Waals surface area contributed by atoms with Crippen LogP contribution in [0.4, 0.5) is 0 Å². The molecular formula is C29H31BrClN3O4. The van der Waals surface area contributed by atoms with E-state index in [4.69, 9.17) is 26.1 Å². The molecule has 0 aliphatic heterocycles. The van der Waals surface area contributed by atoms with E-state index in [2.05, 4.69) is 29.8 Å². The van der Waals surface area contributed by atoms with Gasteiger partial charge >= 0.3 is 0 Å². The van der Waals surface area contributed by atoms with E-state index in [9.17, 15) is 9.90 Å². The molecule has 0 fully saturated rings. The molecule has 7 nitrogen and oxygen atoms in total. The molecule has 0 unspecified atom stereocenters. The van der Waals surface area contributed by atoms with E-state index in [-0.39, 0.29) is 23.2 Å². The summed E-state index contributed by atoms with van der Waals surface area (Å²) in [7, 11) is 3.02. The molecule has 0 aliphatic rings. The standard InChI is InChI=1S/C29H31BrClN3O4/c1-18(2)12-14-33(29(36)21-9-11-25(37-3)28(38-4)27(21)31)17-22-23(34-13-6-5-7-26(34)32-22)16-19-15-20(30)8-10-24(19)35/h5-11,13,15,18,35H,12,14,16-17H2,1-4H3. The van der Waals surface area contributed by atoms with Gasteiger partial charge in [0.1, 0.15) is 11.4 Å². The number of hydrogen-bond donors (Lipinski definition) is 1. The lowest BCUT2D eigenvalue weighted by atomic mass is 10.1. The van der Waals surface area contributed by atoms with Crippen LogP contribution in [0.2, 0.25) is 5.02 Å². The average molecular weight is 601 g/mol. The van der Waals surface area contributed by atoms with E-state index in [0.717, 1.165) is 33.5 Å². The molecule has 9 heteroatoms. The van der Waals surface area contributed by atoms with Crippen molar-refractivity contribution in [2.24, 2.45) is 5.92 Å². The molecule has 0 saturated carbocycles. The van der Waals surface area contributed by atoms with Crippen molar-refractivity contribution in [1.29, 1.82) is 0 Å². The third-order valence-electron chi connectivity index (χ3n) is 6.43. The highest BCUT2D eigenvalue weighted by Crippen LogP contribution is 2.38. The van der Waals surface area contributed by atoms with Crippen molar-refractivity contribution in [3.8, 4) is 17.2 Å². The van der Waals surface area contributed by atoms with Crippen LogP contribution in [-0.4, -0.2) is 46.1 Å². The fourth-order valence-electron chi connectivity index (χ4n) is 4.36. The van der Waals surface area contributed by atoms with Crippen molar-refractivity contribution >= 4 is 39.1 Å². The third kappa shape index (κ3) is 5.92. The number of methoxy groups -OCH3 is 2. The Morgan fingerprint density at radius 3 is 2.66 bits per heavy atom. The lowest BCUT2D eigenvalue weighted by Crippen LogP contribution is -2.33. The smallest absolute Gasteiger partial charge is 0.255 e. The van der Waals surface area contributed by atoms with E-state index in [1.807, 2.05) is 34.9 Å². The minimum Gasteiger partial charge on any atom is -0.508 e. The van der Waals surface area contributed by atoms with Crippen molar-refractivity contribution in [3.63, 3.8) is 0 Å². The number of pyridine rings is 1. The summed E-state index contributed by atoms with van der Waals surface area (Å²) in [6.07, 6.45) is 3.20. The maximum atomic E-state index is 13.9. The van der Waals surface area contributed by atoms with Gasteiger partial charge in [-0.25, -0.2) is 4.98 Å². The number of ether oxygens (including phenoxy) is 2. The number of fused-ring (bicyclic) bond motifs is 1. The third-order valence-corrected chi connectivity index (χ3v) is 7.30. The van der Waals surface area contributed by atoms with Gasteiger partial charge in [0.25, 0.3) is 5.91 Å². The molecule has 38 heavy (non-hydrogen) atoms. The van der Waals surface area contributed by atoms with Gasteiger partial charge in [-0.15, -0.1) is 0 Å². The molecule has 1 amide bonds. The van der Waals surface area contributed by atoms with Crippen LogP contribution < -0.4 is 9.47 Å². The van der Waals surface area contributed by atoms with Gasteiger partial charge in [0.15, 0.2) is 11.5 Å². The number of carbonyl (C=O) groups is 1. The van der Waals surface area contributed by atoms with Gasteiger partial charge in [-0.05, 0) is 54.8 Å². The normalized spacial score (nSPS) is 11.2. The Kier molecular flexibility index (Phi) is 8.84. The Morgan fingerprint density at radius 1 is 1.16 bits per heavy atom. The van der Waals surface area contributed by atoms with Gasteiger partial charge in [-0.1, -0.05) is 47.4 Å². The topological polar surface area (TPSA) is 76.3 Å². The zero-order valence-electron chi connectivity index (χ0n) is 21.9. The van der Waals surface area contributed by atoms with Crippen LogP contribution in [0.15, 0.2) is 59.2 Å². The van der Waals surface area contributed by atoms with Crippen LogP contribution in [-0.2, 0) is 13.0 Å². The lowest BCUT2D eigenvalue weighted by Gasteiger charge is -2.25. The molecule has 2 aromatic carbocycles. The summed E-state index contributed by atoms with van der Waals surface area (Å²) in [6.45, 7) is 5.05. The first-order valence-corrected chi connectivity index (χ1v) is 13.5. The second kappa shape index (κ2) is 12.1. The van der Waals surface area contributed by atoms with Crippen LogP contribution in [0.3, 0.4) is 0 Å². The number of imidazole rings is 1. The Morgan fingerprint density at radius 2 is 1.95 bits per heavy atom. The molecule has 0 radical (unpaired) electrons. The number of halogens is 2. The molecule has 200 valence electrons. The molecule has 1 N–H and O–H groups in total. The number of hydrogen-bond acceptors (Lipinski definition) is 5. The molecule has 2 aromatic heterocycles. The van der Waals surface area contributed by atoms with E-state index in [1.54, 1.807) is 29.2 Å². The van der Waals surface area contributed by atoms with Crippen LogP contribution in [0.1, 0.15) is 47.6 Å². The van der Waals surface area contributed by atoms with Crippen molar-refractivity contribution < 1.29 is 19.4 Å². The number of amides is 1. The zero-order chi connectivity index (χ0) is 27.4. The molecule has 0 atom stereocenters. The van der Waals surface area contributed by atoms with Crippen molar-refractivity contribution in [1.82, 2.24) is 14.3 Å². The summed E-state index contributed by atoms with van der Waals surface area (Å²) in [5, 5.41) is 10.7. The monoisotopic (exact) mass is 599 g/mol. The highest BCUT2D eigenvalue weighted by Gasteiger charge is 2.25. The predicted molar refractivity (Wildman–Crippen MR) is 153 cm³/mol. The Hall–Kier alpha value is -3.23. The average Bonchev–Trinajstić information content (AvgIpc) is 3.24. The Labute approximate surface area is 236 Å². The first kappa shape index (κ1) is 27.8. The summed E-state index contributed by atoms with van der Waals surface area (Å²) in [5.41, 5.74) is 3.52. The van der Waals surface area contributed by atoms with Crippen molar-refractivity contribution in [3.05, 3.63) is 86.7 Å². The first-order chi connectivity index (χ1) is 18.2. The van der Waals surface area contributed by atoms with Gasteiger partial charge in [0, 0.05) is 29.2 Å². The largest absolute Gasteiger partial charge is 0.508 e. The fourth-order valence-corrected chi connectivity index (χ4v) is 5.08. The zero-order valence-corrected chi connectivity index (χ0v) is 24.2. The summed E-state index contributed by atoms with van der Waals surface area (Å²) in [6, 6.07) is 14.5. The molecule has 0 aliphatic carbocycles. The summed E-state index contributed by atoms with van der Waals surface area (Å²) in [5.74, 6) is 1.16. The number of carbonyl (C=O) groups excluding carboxylic acids is 1. The van der Waals surface area contributed by atoms with Gasteiger partial charge < -0.3 is 23.9 Å². The van der Waals surface area contributed by atoms with Crippen molar-refractivity contribution in [2.75, 3.05) is 20.8 Å². The Bertz CT molecular complexity index is 1450. The van der Waals surface area contributed by atoms with E-state index in [1.165, 1.54) is 14.2 Å². The number of phenols is 1. The number of benzene rings is 2. The minimum atomic E-state index is -0.218. The quantitative estimate of drug-likeness (QED) is 0.218. The molecule has 0 bridgehead atoms. The molecule has 4 rings (SSSR count). The predicted octanol–water partition coefficient (Wildman–Crippen LogP) is 6.75. The SMILES string of the molecule is COc1ccc(C(=O)N(CCC(C)C)Cc2nc3ccccn3c2Cc2cc(Br)ccc2O)c(Cl)c1OC. The number of aromatic nitrogens is 2. The summed E-state index contributed by atoms with van der Waals surface area (Å²) >= 11 is 10.1. The van der Waals surface area contributed by atoms with Crippen LogP contribution in [0, 0.1) is 5.92 Å². The van der Waals surface area contributed by atoms with Gasteiger partial charge in [-0.3, -0.25) is 4.79 Å². The van der Waals surface area contributed by atoms with Crippen molar-refractivity contribution in [2.45, 2.75) is 33.2 Å². The number of nitrogens with zero attached hydrogens (tertiary/aromatic N) is 3. The summed E-state index contributed by atoms with van der Waals surface area (Å²) < 4.78 is 13.6. The fraction of sp³-hybridized carbons (Fsp3) is 0.310. The molecule has 4 aromatic rings. The number of phenolic OH excluding ortho intramolecular Hbond substituents is 1. The molecule has 0 spiro atoms. The second-order valence-electron chi connectivity index (χ2n) is 9.46. The van der Waals surface area contributed by atoms with E-state index < -0.39 is 0 Å². The minimum absolute atomic E-state index is 0.204. The van der Waals surface area contributed by atoms with Crippen LogP contribution in [0.5, 0.6) is 17.2 Å². The molecular weight excluding hydrogens is 570 g/mol. The van der Waals surface area contributed by atoms with Crippen LogP contribution in [0.25, 0.3) is 5.65 Å². The highest BCUT2D eigenvalue weighted by atomic mass is 79.9. The second-order valence-corrected chi connectivity index (χ2v) is 10.7. The molecule has 0 saturated heterocycles. The van der Waals surface area contributed by atoms with Crippen LogP contribution >= 0.6 is 27.5 Å². The maximum absolute atomic E-state index is 13.9. The highest BCUT2D eigenvalue weighted by molar-refractivity contribution is 9.10. The van der Waals surface area contributed by atoms with E-state index >= 15 is 0 Å². The Balaban J connectivity index is 1.76. The lowest BCUT2D eigenvalue weighted by molar-refractivity contribution is 0.0733. The van der Waals surface area contributed by atoms with Gasteiger partial charge in [0.05, 0.1) is 42.7 Å². The van der Waals surface area contributed by atoms with Gasteiger partial charge in [-0.2, -0.15) is 0 Å². The number of aromatic hydroxyl groups is 1. The van der Waals surface area contributed by atoms with E-state index in [0.29, 0.717) is 35.9 Å². The molecule has 2 heterocycles. The maximum Gasteiger partial charge on any atom is 0.255 e.